The molecule has 1 fully saturated rings. The van der Waals surface area contributed by atoms with E-state index in [1.54, 1.807) is 0 Å². The summed E-state index contributed by atoms with van der Waals surface area (Å²) in [7, 11) is 0. The van der Waals surface area contributed by atoms with Crippen LogP contribution in [-0.2, 0) is 11.2 Å². The Morgan fingerprint density at radius 3 is 2.96 bits per heavy atom. The summed E-state index contributed by atoms with van der Waals surface area (Å²) < 4.78 is 5.20. The first-order valence-electron chi connectivity index (χ1n) is 7.96. The molecule has 1 atom stereocenters. The van der Waals surface area contributed by atoms with Crippen LogP contribution in [0.1, 0.15) is 48.9 Å². The van der Waals surface area contributed by atoms with Gasteiger partial charge < -0.3 is 9.84 Å². The molecule has 2 aromatic heterocycles. The normalized spacial score (nSPS) is 18.5. The van der Waals surface area contributed by atoms with Crippen LogP contribution in [0.3, 0.4) is 0 Å². The predicted molar refractivity (Wildman–Crippen MR) is 83.9 cm³/mol. The maximum atomic E-state index is 12.4. The van der Waals surface area contributed by atoms with E-state index in [1.165, 1.54) is 0 Å². The molecule has 1 aliphatic heterocycles. The van der Waals surface area contributed by atoms with E-state index < -0.39 is 0 Å². The number of nitrogens with zero attached hydrogens (tertiary/aromatic N) is 4. The van der Waals surface area contributed by atoms with E-state index in [2.05, 4.69) is 30.6 Å². The number of hydrogen-bond acceptors (Lipinski definition) is 6. The summed E-state index contributed by atoms with van der Waals surface area (Å²) in [4.78, 5) is 18.9. The fourth-order valence-electron chi connectivity index (χ4n) is 2.95. The Bertz CT molecular complexity index is 672. The van der Waals surface area contributed by atoms with Crippen molar-refractivity contribution in [3.8, 4) is 0 Å². The van der Waals surface area contributed by atoms with Gasteiger partial charge in [0.15, 0.2) is 5.82 Å². The number of nitrogens with one attached hydrogen (secondary N) is 2. The number of amides is 1. The zero-order valence-corrected chi connectivity index (χ0v) is 13.7. The number of anilines is 1. The molecule has 1 aliphatic rings. The monoisotopic (exact) mass is 318 g/mol. The van der Waals surface area contributed by atoms with Gasteiger partial charge in [0.2, 0.25) is 11.8 Å². The zero-order chi connectivity index (χ0) is 16.4. The van der Waals surface area contributed by atoms with Gasteiger partial charge in [-0.05, 0) is 33.2 Å². The van der Waals surface area contributed by atoms with Crippen LogP contribution in [0.15, 0.2) is 4.52 Å². The van der Waals surface area contributed by atoms with Crippen LogP contribution in [0.5, 0.6) is 0 Å². The van der Waals surface area contributed by atoms with Crippen LogP contribution in [0.4, 0.5) is 5.69 Å². The second kappa shape index (κ2) is 6.49. The van der Waals surface area contributed by atoms with E-state index in [-0.39, 0.29) is 11.9 Å². The van der Waals surface area contributed by atoms with Gasteiger partial charge >= 0.3 is 0 Å². The molecule has 3 rings (SSSR count). The molecule has 3 heterocycles. The van der Waals surface area contributed by atoms with Gasteiger partial charge in [-0.2, -0.15) is 10.1 Å². The molecule has 0 aliphatic carbocycles. The number of rotatable bonds is 5. The largest absolute Gasteiger partial charge is 0.339 e. The minimum absolute atomic E-state index is 0.0521. The highest BCUT2D eigenvalue weighted by atomic mass is 16.5. The first kappa shape index (κ1) is 15.7. The van der Waals surface area contributed by atoms with Crippen molar-refractivity contribution in [1.82, 2.24) is 25.2 Å². The van der Waals surface area contributed by atoms with Crippen LogP contribution in [0.25, 0.3) is 0 Å². The van der Waals surface area contributed by atoms with Gasteiger partial charge in [-0.3, -0.25) is 14.8 Å². The number of carbonyl (C=O) groups is 1. The van der Waals surface area contributed by atoms with Crippen molar-refractivity contribution in [2.24, 2.45) is 0 Å². The van der Waals surface area contributed by atoms with Crippen LogP contribution in [0.2, 0.25) is 0 Å². The van der Waals surface area contributed by atoms with E-state index >= 15 is 0 Å². The second-order valence-corrected chi connectivity index (χ2v) is 5.89. The lowest BCUT2D eigenvalue weighted by molar-refractivity contribution is -0.117. The zero-order valence-electron chi connectivity index (χ0n) is 13.7. The van der Waals surface area contributed by atoms with Crippen molar-refractivity contribution < 1.29 is 9.32 Å². The van der Waals surface area contributed by atoms with Crippen molar-refractivity contribution >= 4 is 11.6 Å². The molecule has 0 unspecified atom stereocenters. The van der Waals surface area contributed by atoms with Gasteiger partial charge in [0.25, 0.3) is 0 Å². The third kappa shape index (κ3) is 3.26. The van der Waals surface area contributed by atoms with Crippen LogP contribution in [0, 0.1) is 13.8 Å². The summed E-state index contributed by atoms with van der Waals surface area (Å²) >= 11 is 0. The molecule has 0 bridgehead atoms. The maximum absolute atomic E-state index is 12.4. The summed E-state index contributed by atoms with van der Waals surface area (Å²) in [5.74, 6) is 1.27. The van der Waals surface area contributed by atoms with Gasteiger partial charge in [-0.25, -0.2) is 0 Å². The second-order valence-electron chi connectivity index (χ2n) is 5.89. The Kier molecular flexibility index (Phi) is 4.42. The first-order chi connectivity index (χ1) is 11.1. The topological polar surface area (TPSA) is 99.9 Å². The maximum Gasteiger partial charge on any atom is 0.238 e. The quantitative estimate of drug-likeness (QED) is 0.871. The van der Waals surface area contributed by atoms with Gasteiger partial charge in [-0.15, -0.1) is 0 Å². The smallest absolute Gasteiger partial charge is 0.238 e. The van der Waals surface area contributed by atoms with Gasteiger partial charge in [0, 0.05) is 6.42 Å². The molecule has 2 aromatic rings. The molecule has 0 saturated carbocycles. The summed E-state index contributed by atoms with van der Waals surface area (Å²) in [5, 5.41) is 14.0. The predicted octanol–water partition coefficient (Wildman–Crippen LogP) is 1.75. The highest BCUT2D eigenvalue weighted by molar-refractivity contribution is 5.93. The lowest BCUT2D eigenvalue weighted by Crippen LogP contribution is -2.33. The molecular weight excluding hydrogens is 296 g/mol. The highest BCUT2D eigenvalue weighted by Crippen LogP contribution is 2.30. The molecule has 8 heteroatoms. The molecular formula is C15H22N6O2. The number of aromatic amines is 1. The van der Waals surface area contributed by atoms with Crippen LogP contribution < -0.4 is 5.32 Å². The summed E-state index contributed by atoms with van der Waals surface area (Å²) in [6.07, 6.45) is 2.69. The average Bonchev–Trinajstić information content (AvgIpc) is 3.23. The Labute approximate surface area is 134 Å². The van der Waals surface area contributed by atoms with Crippen molar-refractivity contribution in [3.05, 3.63) is 23.1 Å². The van der Waals surface area contributed by atoms with E-state index in [9.17, 15) is 4.79 Å². The van der Waals surface area contributed by atoms with Gasteiger partial charge in [0.05, 0.1) is 29.7 Å². The Morgan fingerprint density at radius 1 is 1.48 bits per heavy atom. The standard InChI is InChI=1S/C15H22N6O2/c1-4-13-17-15(20-23-13)11-6-5-7-21(11)8-12(22)16-14-9(2)18-19-10(14)3/h11H,4-8H2,1-3H3,(H,16,22)(H,18,19)/t11-/m0/s1. The van der Waals surface area contributed by atoms with Crippen molar-refractivity contribution in [2.45, 2.75) is 46.1 Å². The molecule has 1 saturated heterocycles. The minimum Gasteiger partial charge on any atom is -0.339 e. The van der Waals surface area contributed by atoms with Gasteiger partial charge in [-0.1, -0.05) is 12.1 Å². The number of aryl methyl sites for hydroxylation is 3. The van der Waals surface area contributed by atoms with E-state index in [4.69, 9.17) is 4.52 Å². The third-order valence-electron chi connectivity index (χ3n) is 4.19. The highest BCUT2D eigenvalue weighted by Gasteiger charge is 2.31. The molecule has 23 heavy (non-hydrogen) atoms. The number of H-pyrrole nitrogens is 1. The molecule has 0 spiro atoms. The molecule has 0 radical (unpaired) electrons. The van der Waals surface area contributed by atoms with E-state index in [1.807, 2.05) is 20.8 Å². The molecule has 0 aromatic carbocycles. The summed E-state index contributed by atoms with van der Waals surface area (Å²) in [5.41, 5.74) is 2.41. The van der Waals surface area contributed by atoms with Crippen LogP contribution >= 0.6 is 0 Å². The number of carbonyl (C=O) groups excluding carboxylic acids is 1. The average molecular weight is 318 g/mol. The lowest BCUT2D eigenvalue weighted by Gasteiger charge is -2.21. The van der Waals surface area contributed by atoms with Crippen molar-refractivity contribution in [2.75, 3.05) is 18.4 Å². The Balaban J connectivity index is 1.65. The fourth-order valence-corrected chi connectivity index (χ4v) is 2.95. The summed E-state index contributed by atoms with van der Waals surface area (Å²) in [6, 6.07) is 0.0522. The van der Waals surface area contributed by atoms with Crippen molar-refractivity contribution in [1.29, 1.82) is 0 Å². The van der Waals surface area contributed by atoms with E-state index in [0.29, 0.717) is 18.3 Å². The SMILES string of the molecule is CCc1nc([C@@H]2CCCN2CC(=O)Nc2c(C)n[nH]c2C)no1. The van der Waals surface area contributed by atoms with E-state index in [0.717, 1.165) is 42.9 Å². The number of aromatic nitrogens is 4. The van der Waals surface area contributed by atoms with Crippen molar-refractivity contribution in [3.63, 3.8) is 0 Å². The Morgan fingerprint density at radius 2 is 2.30 bits per heavy atom. The van der Waals surface area contributed by atoms with Crippen LogP contribution in [-0.4, -0.2) is 44.2 Å². The summed E-state index contributed by atoms with van der Waals surface area (Å²) in [6.45, 7) is 6.90. The molecule has 1 amide bonds. The number of hydrogen-bond donors (Lipinski definition) is 2. The lowest BCUT2D eigenvalue weighted by atomic mass is 10.2. The minimum atomic E-state index is -0.0521. The molecule has 124 valence electrons. The third-order valence-corrected chi connectivity index (χ3v) is 4.19. The van der Waals surface area contributed by atoms with Gasteiger partial charge in [0.1, 0.15) is 0 Å². The first-order valence-corrected chi connectivity index (χ1v) is 7.96. The molecule has 2 N–H and O–H groups in total. The molecule has 8 nitrogen and oxygen atoms in total. The fraction of sp³-hybridized carbons (Fsp3) is 0.600. The number of likely N-dealkylation sites (tertiary alicyclic amines) is 1. The Hall–Kier alpha value is -2.22.